The molecule has 1 aromatic rings. The van der Waals surface area contributed by atoms with Gasteiger partial charge in [-0.2, -0.15) is 0 Å². The summed E-state index contributed by atoms with van der Waals surface area (Å²) < 4.78 is -0.0194. The molecule has 1 aromatic carbocycles. The monoisotopic (exact) mass is 226 g/mol. The minimum atomic E-state index is -0.0194. The van der Waals surface area contributed by atoms with Gasteiger partial charge in [0.1, 0.15) is 0 Å². The SMILES string of the molecule is N=CCSC1Sc2ccccc2N1O. The van der Waals surface area contributed by atoms with Gasteiger partial charge in [-0.25, -0.2) is 5.06 Å². The van der Waals surface area contributed by atoms with Gasteiger partial charge in [-0.1, -0.05) is 23.9 Å². The largest absolute Gasteiger partial charge is 0.312 e. The van der Waals surface area contributed by atoms with Crippen molar-refractivity contribution in [1.29, 1.82) is 5.41 Å². The highest BCUT2D eigenvalue weighted by atomic mass is 32.2. The van der Waals surface area contributed by atoms with Crippen LogP contribution < -0.4 is 5.06 Å². The third-order valence-electron chi connectivity index (χ3n) is 1.86. The van der Waals surface area contributed by atoms with Crippen LogP contribution >= 0.6 is 23.5 Å². The van der Waals surface area contributed by atoms with Crippen molar-refractivity contribution in [3.8, 4) is 0 Å². The fourth-order valence-corrected chi connectivity index (χ4v) is 3.46. The Kier molecular flexibility index (Phi) is 3.00. The Balaban J connectivity index is 2.13. The van der Waals surface area contributed by atoms with Crippen molar-refractivity contribution in [3.05, 3.63) is 24.3 Å². The number of hydrogen-bond acceptors (Lipinski definition) is 5. The smallest absolute Gasteiger partial charge is 0.152 e. The lowest BCUT2D eigenvalue weighted by Gasteiger charge is -2.17. The Hall–Kier alpha value is -0.650. The molecule has 3 nitrogen and oxygen atoms in total. The Morgan fingerprint density at radius 2 is 2.36 bits per heavy atom. The van der Waals surface area contributed by atoms with Gasteiger partial charge < -0.3 is 5.41 Å². The first-order chi connectivity index (χ1) is 6.83. The van der Waals surface area contributed by atoms with E-state index in [4.69, 9.17) is 5.41 Å². The Morgan fingerprint density at radius 1 is 1.57 bits per heavy atom. The average molecular weight is 226 g/mol. The van der Waals surface area contributed by atoms with Gasteiger partial charge in [0.05, 0.1) is 5.69 Å². The molecular formula is C9H10N2OS2. The minimum Gasteiger partial charge on any atom is -0.312 e. The van der Waals surface area contributed by atoms with E-state index in [0.717, 1.165) is 10.6 Å². The second kappa shape index (κ2) is 4.25. The summed E-state index contributed by atoms with van der Waals surface area (Å²) in [7, 11) is 0. The van der Waals surface area contributed by atoms with Gasteiger partial charge in [0.15, 0.2) is 4.71 Å². The molecule has 14 heavy (non-hydrogen) atoms. The van der Waals surface area contributed by atoms with E-state index in [2.05, 4.69) is 0 Å². The number of hydroxylamine groups is 1. The van der Waals surface area contributed by atoms with Crippen LogP contribution in [0.2, 0.25) is 0 Å². The van der Waals surface area contributed by atoms with Crippen molar-refractivity contribution in [2.75, 3.05) is 10.8 Å². The van der Waals surface area contributed by atoms with Gasteiger partial charge in [-0.15, -0.1) is 11.8 Å². The van der Waals surface area contributed by atoms with Crippen LogP contribution in [0.5, 0.6) is 0 Å². The van der Waals surface area contributed by atoms with E-state index < -0.39 is 0 Å². The number of para-hydroxylation sites is 1. The second-order valence-corrected chi connectivity index (χ2v) is 5.31. The molecule has 2 N–H and O–H groups in total. The van der Waals surface area contributed by atoms with E-state index in [-0.39, 0.29) is 4.71 Å². The van der Waals surface area contributed by atoms with Crippen molar-refractivity contribution < 1.29 is 5.21 Å². The van der Waals surface area contributed by atoms with E-state index in [0.29, 0.717) is 5.75 Å². The van der Waals surface area contributed by atoms with Crippen LogP contribution in [0.4, 0.5) is 5.69 Å². The maximum atomic E-state index is 9.78. The topological polar surface area (TPSA) is 47.3 Å². The number of fused-ring (bicyclic) bond motifs is 1. The van der Waals surface area contributed by atoms with Crippen LogP contribution in [0.3, 0.4) is 0 Å². The molecule has 0 bridgehead atoms. The lowest BCUT2D eigenvalue weighted by atomic mass is 10.3. The molecule has 2 rings (SSSR count). The molecule has 0 saturated heterocycles. The molecule has 0 aliphatic carbocycles. The number of nitrogens with one attached hydrogen (secondary N) is 1. The molecule has 0 saturated carbocycles. The van der Waals surface area contributed by atoms with Crippen LogP contribution in [-0.2, 0) is 0 Å². The first kappa shape index (κ1) is 9.89. The summed E-state index contributed by atoms with van der Waals surface area (Å²) in [6, 6.07) is 7.76. The number of thioether (sulfide) groups is 2. The van der Waals surface area contributed by atoms with Crippen molar-refractivity contribution in [2.45, 2.75) is 9.60 Å². The Labute approximate surface area is 91.0 Å². The number of nitrogens with zero attached hydrogens (tertiary/aromatic N) is 1. The molecule has 1 heterocycles. The number of benzene rings is 1. The van der Waals surface area contributed by atoms with E-state index in [1.807, 2.05) is 24.3 Å². The fraction of sp³-hybridized carbons (Fsp3) is 0.222. The lowest BCUT2D eigenvalue weighted by Crippen LogP contribution is -2.22. The summed E-state index contributed by atoms with van der Waals surface area (Å²) >= 11 is 3.16. The first-order valence-corrected chi connectivity index (χ1v) is 6.10. The van der Waals surface area contributed by atoms with Crippen LogP contribution in [0.1, 0.15) is 0 Å². The van der Waals surface area contributed by atoms with Gasteiger partial charge in [0.25, 0.3) is 0 Å². The predicted molar refractivity (Wildman–Crippen MR) is 61.6 cm³/mol. The van der Waals surface area contributed by atoms with Crippen LogP contribution in [0.15, 0.2) is 29.2 Å². The van der Waals surface area contributed by atoms with Crippen LogP contribution in [0.25, 0.3) is 0 Å². The van der Waals surface area contributed by atoms with Crippen molar-refractivity contribution in [2.24, 2.45) is 0 Å². The van der Waals surface area contributed by atoms with Gasteiger partial charge in [-0.05, 0) is 12.1 Å². The third kappa shape index (κ3) is 1.75. The zero-order valence-corrected chi connectivity index (χ0v) is 9.02. The van der Waals surface area contributed by atoms with Crippen molar-refractivity contribution in [3.63, 3.8) is 0 Å². The zero-order valence-electron chi connectivity index (χ0n) is 7.38. The van der Waals surface area contributed by atoms with E-state index in [1.54, 1.807) is 23.5 Å². The van der Waals surface area contributed by atoms with Gasteiger partial charge >= 0.3 is 0 Å². The van der Waals surface area contributed by atoms with E-state index in [9.17, 15) is 5.21 Å². The highest BCUT2D eigenvalue weighted by Crippen LogP contribution is 2.46. The maximum absolute atomic E-state index is 9.78. The predicted octanol–water partition coefficient (Wildman–Crippen LogP) is 2.65. The Morgan fingerprint density at radius 3 is 3.07 bits per heavy atom. The normalized spacial score (nSPS) is 19.5. The van der Waals surface area contributed by atoms with E-state index >= 15 is 0 Å². The molecule has 5 heteroatoms. The molecule has 1 unspecified atom stereocenters. The van der Waals surface area contributed by atoms with E-state index in [1.165, 1.54) is 11.3 Å². The lowest BCUT2D eigenvalue weighted by molar-refractivity contribution is 0.268. The maximum Gasteiger partial charge on any atom is 0.152 e. The highest BCUT2D eigenvalue weighted by Gasteiger charge is 2.28. The summed E-state index contributed by atoms with van der Waals surface area (Å²) in [6.07, 6.45) is 1.35. The quantitative estimate of drug-likeness (QED) is 0.778. The zero-order chi connectivity index (χ0) is 9.97. The molecule has 0 spiro atoms. The molecule has 74 valence electrons. The van der Waals surface area contributed by atoms with Crippen LogP contribution in [0, 0.1) is 5.41 Å². The van der Waals surface area contributed by atoms with Gasteiger partial charge in [-0.3, -0.25) is 5.21 Å². The third-order valence-corrected chi connectivity index (χ3v) is 4.40. The standard InChI is InChI=1S/C9H10N2OS2/c10-5-6-13-9-11(12)7-3-1-2-4-8(7)14-9/h1-5,9-10,12H,6H2. The summed E-state index contributed by atoms with van der Waals surface area (Å²) in [5.74, 6) is 0.628. The molecule has 0 fully saturated rings. The van der Waals surface area contributed by atoms with Crippen molar-refractivity contribution >= 4 is 35.4 Å². The summed E-state index contributed by atoms with van der Waals surface area (Å²) in [6.45, 7) is 0. The first-order valence-electron chi connectivity index (χ1n) is 4.17. The molecule has 1 aliphatic heterocycles. The van der Waals surface area contributed by atoms with Gasteiger partial charge in [0.2, 0.25) is 0 Å². The van der Waals surface area contributed by atoms with Gasteiger partial charge in [0, 0.05) is 16.9 Å². The summed E-state index contributed by atoms with van der Waals surface area (Å²) in [5.41, 5.74) is 0.861. The summed E-state index contributed by atoms with van der Waals surface area (Å²) in [5, 5.41) is 18.0. The molecule has 0 amide bonds. The molecule has 1 atom stereocenters. The summed E-state index contributed by atoms with van der Waals surface area (Å²) in [4.78, 5) is 1.09. The highest BCUT2D eigenvalue weighted by molar-refractivity contribution is 8.17. The Bertz CT molecular complexity index is 345. The molecule has 0 radical (unpaired) electrons. The second-order valence-electron chi connectivity index (χ2n) is 2.77. The minimum absolute atomic E-state index is 0.0194. The van der Waals surface area contributed by atoms with Crippen LogP contribution in [-0.4, -0.2) is 21.9 Å². The number of rotatable bonds is 3. The van der Waals surface area contributed by atoms with Crippen molar-refractivity contribution in [1.82, 2.24) is 0 Å². The fourth-order valence-electron chi connectivity index (χ4n) is 1.25. The molecule has 0 aromatic heterocycles. The average Bonchev–Trinajstić information content (AvgIpc) is 2.54. The molecule has 1 aliphatic rings. The number of hydrogen-bond donors (Lipinski definition) is 2. The number of anilines is 1. The molecular weight excluding hydrogens is 216 g/mol.